The summed E-state index contributed by atoms with van der Waals surface area (Å²) in [4.78, 5) is 12.6. The molecule has 0 aliphatic carbocycles. The molecule has 1 saturated heterocycles. The SMILES string of the molecule is CC(C)(C)[S@@](=O)N=CC1(c2ccccc2I)CCN(C(=O)O)CC1. The number of nitrogens with zero attached hydrogens (tertiary/aromatic N) is 2. The Morgan fingerprint density at radius 2 is 1.92 bits per heavy atom. The van der Waals surface area contributed by atoms with Crippen LogP contribution in [0.4, 0.5) is 4.79 Å². The molecule has 2 rings (SSSR count). The zero-order chi connectivity index (χ0) is 18.0. The first-order chi connectivity index (χ1) is 11.2. The number of likely N-dealkylation sites (tertiary alicyclic amines) is 1. The average Bonchev–Trinajstić information content (AvgIpc) is 2.52. The molecule has 1 fully saturated rings. The van der Waals surface area contributed by atoms with Crippen molar-refractivity contribution >= 4 is 45.9 Å². The molecule has 0 unspecified atom stereocenters. The van der Waals surface area contributed by atoms with Gasteiger partial charge in [-0.3, -0.25) is 0 Å². The number of carbonyl (C=O) groups is 1. The molecular formula is C17H23IN2O3S. The highest BCUT2D eigenvalue weighted by Gasteiger charge is 2.38. The molecule has 0 spiro atoms. The molecule has 0 aromatic heterocycles. The number of halogens is 1. The lowest BCUT2D eigenvalue weighted by Crippen LogP contribution is -2.46. The summed E-state index contributed by atoms with van der Waals surface area (Å²) in [5.74, 6) is 0. The largest absolute Gasteiger partial charge is 0.465 e. The predicted octanol–water partition coefficient (Wildman–Crippen LogP) is 3.84. The molecule has 0 saturated carbocycles. The Hall–Kier alpha value is -0.960. The van der Waals surface area contributed by atoms with Crippen molar-refractivity contribution in [2.45, 2.75) is 43.8 Å². The van der Waals surface area contributed by atoms with Crippen LogP contribution in [0.1, 0.15) is 39.2 Å². The smallest absolute Gasteiger partial charge is 0.407 e. The van der Waals surface area contributed by atoms with Gasteiger partial charge in [0.2, 0.25) is 0 Å². The summed E-state index contributed by atoms with van der Waals surface area (Å²) in [6.45, 7) is 6.59. The average molecular weight is 462 g/mol. The number of benzene rings is 1. The Balaban J connectivity index is 2.37. The first kappa shape index (κ1) is 19.4. The molecule has 1 N–H and O–H groups in total. The lowest BCUT2D eigenvalue weighted by atomic mass is 9.74. The Morgan fingerprint density at radius 1 is 1.33 bits per heavy atom. The van der Waals surface area contributed by atoms with Crippen LogP contribution in [0.3, 0.4) is 0 Å². The monoisotopic (exact) mass is 462 g/mol. The van der Waals surface area contributed by atoms with Crippen molar-refractivity contribution in [2.24, 2.45) is 4.40 Å². The second-order valence-electron chi connectivity index (χ2n) is 7.00. The van der Waals surface area contributed by atoms with Gasteiger partial charge in [-0.2, -0.15) is 4.40 Å². The zero-order valence-electron chi connectivity index (χ0n) is 14.2. The maximum absolute atomic E-state index is 12.3. The van der Waals surface area contributed by atoms with E-state index < -0.39 is 21.8 Å². The first-order valence-corrected chi connectivity index (χ1v) is 10.0. The van der Waals surface area contributed by atoms with Crippen LogP contribution in [0.25, 0.3) is 0 Å². The van der Waals surface area contributed by atoms with Crippen LogP contribution in [-0.2, 0) is 16.4 Å². The van der Waals surface area contributed by atoms with Crippen molar-refractivity contribution in [3.05, 3.63) is 33.4 Å². The third kappa shape index (κ3) is 4.36. The fourth-order valence-electron chi connectivity index (χ4n) is 2.74. The van der Waals surface area contributed by atoms with Crippen LogP contribution in [0, 0.1) is 3.57 Å². The van der Waals surface area contributed by atoms with Crippen molar-refractivity contribution < 1.29 is 14.1 Å². The van der Waals surface area contributed by atoms with E-state index in [1.54, 1.807) is 0 Å². The van der Waals surface area contributed by atoms with Gasteiger partial charge in [0.25, 0.3) is 0 Å². The molecule has 1 aliphatic heterocycles. The van der Waals surface area contributed by atoms with Crippen molar-refractivity contribution in [3.8, 4) is 0 Å². The summed E-state index contributed by atoms with van der Waals surface area (Å²) in [6, 6.07) is 8.06. The fraction of sp³-hybridized carbons (Fsp3) is 0.529. The van der Waals surface area contributed by atoms with E-state index in [1.807, 2.05) is 45.2 Å². The van der Waals surface area contributed by atoms with Crippen LogP contribution in [0.15, 0.2) is 28.7 Å². The van der Waals surface area contributed by atoms with Gasteiger partial charge in [0, 0.05) is 28.3 Å². The first-order valence-electron chi connectivity index (χ1n) is 7.86. The van der Waals surface area contributed by atoms with E-state index in [9.17, 15) is 14.1 Å². The molecule has 1 heterocycles. The normalized spacial score (nSPS) is 19.4. The number of carboxylic acid groups (broad SMARTS) is 1. The summed E-state index contributed by atoms with van der Waals surface area (Å²) < 4.78 is 17.4. The Morgan fingerprint density at radius 3 is 2.42 bits per heavy atom. The fourth-order valence-corrected chi connectivity index (χ4v) is 4.28. The summed E-state index contributed by atoms with van der Waals surface area (Å²) in [7, 11) is -1.33. The molecule has 0 radical (unpaired) electrons. The minimum absolute atomic E-state index is 0.370. The molecule has 1 aliphatic rings. The van der Waals surface area contributed by atoms with E-state index in [1.165, 1.54) is 4.90 Å². The van der Waals surface area contributed by atoms with Crippen molar-refractivity contribution in [1.29, 1.82) is 0 Å². The van der Waals surface area contributed by atoms with Gasteiger partial charge in [-0.25, -0.2) is 9.00 Å². The molecule has 24 heavy (non-hydrogen) atoms. The second-order valence-corrected chi connectivity index (χ2v) is 10.1. The van der Waals surface area contributed by atoms with Gasteiger partial charge < -0.3 is 10.0 Å². The highest BCUT2D eigenvalue weighted by Crippen LogP contribution is 2.37. The summed E-state index contributed by atoms with van der Waals surface area (Å²) in [6.07, 6.45) is 2.21. The van der Waals surface area contributed by atoms with Crippen LogP contribution in [-0.4, -0.2) is 44.4 Å². The van der Waals surface area contributed by atoms with Gasteiger partial charge in [0.1, 0.15) is 11.0 Å². The standard InChI is InChI=1S/C17H23IN2O3S/c1-16(2,3)24(23)19-12-17(13-6-4-5-7-14(13)18)8-10-20(11-9-17)15(21)22/h4-7,12H,8-11H2,1-3H3,(H,21,22)/t24-/m1/s1. The van der Waals surface area contributed by atoms with E-state index in [0.29, 0.717) is 25.9 Å². The van der Waals surface area contributed by atoms with Gasteiger partial charge in [0.15, 0.2) is 0 Å². The lowest BCUT2D eigenvalue weighted by Gasteiger charge is -2.39. The van der Waals surface area contributed by atoms with Crippen molar-refractivity contribution in [2.75, 3.05) is 13.1 Å². The zero-order valence-corrected chi connectivity index (χ0v) is 17.1. The third-order valence-electron chi connectivity index (χ3n) is 4.26. The summed E-state index contributed by atoms with van der Waals surface area (Å²) >= 11 is 2.30. The summed E-state index contributed by atoms with van der Waals surface area (Å²) in [5, 5.41) is 9.20. The molecule has 1 amide bonds. The van der Waals surface area contributed by atoms with Crippen LogP contribution >= 0.6 is 22.6 Å². The molecule has 1 aromatic rings. The van der Waals surface area contributed by atoms with E-state index in [0.717, 1.165) is 9.13 Å². The van der Waals surface area contributed by atoms with Gasteiger partial charge in [-0.05, 0) is 67.8 Å². The molecule has 7 heteroatoms. The van der Waals surface area contributed by atoms with Crippen molar-refractivity contribution in [1.82, 2.24) is 4.90 Å². The minimum Gasteiger partial charge on any atom is -0.465 e. The Labute approximate surface area is 159 Å². The van der Waals surface area contributed by atoms with Gasteiger partial charge in [-0.15, -0.1) is 0 Å². The topological polar surface area (TPSA) is 70.0 Å². The Bertz CT molecular complexity index is 662. The second kappa shape index (κ2) is 7.51. The van der Waals surface area contributed by atoms with E-state index in [4.69, 9.17) is 0 Å². The molecular weight excluding hydrogens is 439 g/mol. The quantitative estimate of drug-likeness (QED) is 0.549. The third-order valence-corrected chi connectivity index (χ3v) is 6.54. The summed E-state index contributed by atoms with van der Waals surface area (Å²) in [5.41, 5.74) is 0.760. The number of rotatable bonds is 3. The number of amides is 1. The highest BCUT2D eigenvalue weighted by molar-refractivity contribution is 14.1. The maximum atomic E-state index is 12.3. The predicted molar refractivity (Wildman–Crippen MR) is 106 cm³/mol. The number of hydrogen-bond acceptors (Lipinski definition) is 2. The van der Waals surface area contributed by atoms with Crippen LogP contribution in [0.5, 0.6) is 0 Å². The van der Waals surface area contributed by atoms with Crippen LogP contribution in [0.2, 0.25) is 0 Å². The van der Waals surface area contributed by atoms with E-state index in [-0.39, 0.29) is 5.41 Å². The van der Waals surface area contributed by atoms with Gasteiger partial charge in [-0.1, -0.05) is 18.2 Å². The van der Waals surface area contributed by atoms with Crippen LogP contribution < -0.4 is 0 Å². The Kier molecular flexibility index (Phi) is 6.06. The number of piperidine rings is 1. The van der Waals surface area contributed by atoms with E-state index >= 15 is 0 Å². The van der Waals surface area contributed by atoms with Crippen molar-refractivity contribution in [3.63, 3.8) is 0 Å². The van der Waals surface area contributed by atoms with Gasteiger partial charge in [0.05, 0.1) is 4.75 Å². The molecule has 5 nitrogen and oxygen atoms in total. The highest BCUT2D eigenvalue weighted by atomic mass is 127. The maximum Gasteiger partial charge on any atom is 0.407 e. The van der Waals surface area contributed by atoms with E-state index in [2.05, 4.69) is 33.1 Å². The van der Waals surface area contributed by atoms with Gasteiger partial charge >= 0.3 is 6.09 Å². The number of hydrogen-bond donors (Lipinski definition) is 1. The minimum atomic E-state index is -1.33. The molecule has 1 aromatic carbocycles. The molecule has 1 atom stereocenters. The molecule has 132 valence electrons. The lowest BCUT2D eigenvalue weighted by molar-refractivity contribution is 0.127. The molecule has 0 bridgehead atoms.